The van der Waals surface area contributed by atoms with Crippen molar-refractivity contribution >= 4 is 34.4 Å². The summed E-state index contributed by atoms with van der Waals surface area (Å²) in [6.07, 6.45) is 1.95. The quantitative estimate of drug-likeness (QED) is 0.826. The van der Waals surface area contributed by atoms with E-state index in [9.17, 15) is 9.59 Å². The number of fused-ring (bicyclic) bond motifs is 1. The molecule has 0 bridgehead atoms. The molecule has 0 aliphatic heterocycles. The lowest BCUT2D eigenvalue weighted by atomic mass is 10.1. The van der Waals surface area contributed by atoms with Crippen molar-refractivity contribution in [2.24, 2.45) is 5.92 Å². The molecular formula is C18H19NO3S. The van der Waals surface area contributed by atoms with Gasteiger partial charge in [-0.2, -0.15) is 0 Å². The Hall–Kier alpha value is -2.01. The molecular weight excluding hydrogens is 310 g/mol. The average molecular weight is 329 g/mol. The molecule has 4 nitrogen and oxygen atoms in total. The maximum absolute atomic E-state index is 12.0. The second-order valence-corrected chi connectivity index (χ2v) is 6.96. The van der Waals surface area contributed by atoms with E-state index in [0.717, 1.165) is 16.7 Å². The van der Waals surface area contributed by atoms with Crippen LogP contribution >= 0.6 is 11.8 Å². The molecule has 0 unspecified atom stereocenters. The number of carbonyl (C=O) groups excluding carboxylic acids is 1. The Morgan fingerprint density at radius 1 is 1.13 bits per heavy atom. The molecule has 0 heterocycles. The van der Waals surface area contributed by atoms with Crippen molar-refractivity contribution in [2.75, 3.05) is 5.75 Å². The van der Waals surface area contributed by atoms with Gasteiger partial charge in [0.2, 0.25) is 5.91 Å². The van der Waals surface area contributed by atoms with E-state index in [0.29, 0.717) is 18.6 Å². The Morgan fingerprint density at radius 2 is 1.91 bits per heavy atom. The third-order valence-electron chi connectivity index (χ3n) is 4.24. The summed E-state index contributed by atoms with van der Waals surface area (Å²) in [6.45, 7) is 0. The highest BCUT2D eigenvalue weighted by Crippen LogP contribution is 2.26. The zero-order chi connectivity index (χ0) is 16.2. The van der Waals surface area contributed by atoms with Crippen LogP contribution in [0.15, 0.2) is 47.4 Å². The fraction of sp³-hybridized carbons (Fsp3) is 0.333. The second-order valence-electron chi connectivity index (χ2n) is 5.91. The number of carboxylic acids is 1. The summed E-state index contributed by atoms with van der Waals surface area (Å²) in [7, 11) is 0. The molecule has 0 aromatic heterocycles. The monoisotopic (exact) mass is 329 g/mol. The smallest absolute Gasteiger partial charge is 0.306 e. The van der Waals surface area contributed by atoms with Crippen LogP contribution in [0, 0.1) is 5.92 Å². The van der Waals surface area contributed by atoms with Gasteiger partial charge in [0.15, 0.2) is 0 Å². The summed E-state index contributed by atoms with van der Waals surface area (Å²) in [6, 6.07) is 14.3. The third-order valence-corrected chi connectivity index (χ3v) is 5.23. The van der Waals surface area contributed by atoms with E-state index < -0.39 is 5.97 Å². The molecule has 2 aromatic rings. The number of hydrogen-bond acceptors (Lipinski definition) is 3. The van der Waals surface area contributed by atoms with E-state index in [-0.39, 0.29) is 17.9 Å². The predicted octanol–water partition coefficient (Wildman–Crippen LogP) is 3.30. The third kappa shape index (κ3) is 4.05. The molecule has 0 radical (unpaired) electrons. The highest BCUT2D eigenvalue weighted by Gasteiger charge is 2.30. The molecule has 5 heteroatoms. The topological polar surface area (TPSA) is 66.4 Å². The highest BCUT2D eigenvalue weighted by molar-refractivity contribution is 8.00. The lowest BCUT2D eigenvalue weighted by Crippen LogP contribution is -2.34. The summed E-state index contributed by atoms with van der Waals surface area (Å²) >= 11 is 1.51. The molecule has 2 aromatic carbocycles. The maximum atomic E-state index is 12.0. The van der Waals surface area contributed by atoms with E-state index in [2.05, 4.69) is 29.6 Å². The minimum absolute atomic E-state index is 0.000744. The summed E-state index contributed by atoms with van der Waals surface area (Å²) < 4.78 is 0. The van der Waals surface area contributed by atoms with Crippen molar-refractivity contribution in [1.82, 2.24) is 5.32 Å². The SMILES string of the molecule is O=C(CSc1ccc2ccccc2c1)N[C@@H]1CC[C@H](C(=O)O)C1. The lowest BCUT2D eigenvalue weighted by Gasteiger charge is -2.12. The molecule has 1 amide bonds. The molecule has 1 saturated carbocycles. The van der Waals surface area contributed by atoms with Gasteiger partial charge in [-0.1, -0.05) is 30.3 Å². The molecule has 120 valence electrons. The standard InChI is InChI=1S/C18H19NO3S/c20-17(19-15-7-5-14(9-15)18(21)22)11-23-16-8-6-12-3-1-2-4-13(12)10-16/h1-4,6,8,10,14-15H,5,7,9,11H2,(H,19,20)(H,21,22)/t14-,15+/m0/s1. The molecule has 0 saturated heterocycles. The maximum Gasteiger partial charge on any atom is 0.306 e. The Balaban J connectivity index is 1.51. The van der Waals surface area contributed by atoms with Crippen molar-refractivity contribution < 1.29 is 14.7 Å². The van der Waals surface area contributed by atoms with Gasteiger partial charge in [0.25, 0.3) is 0 Å². The van der Waals surface area contributed by atoms with Gasteiger partial charge in [0, 0.05) is 10.9 Å². The summed E-state index contributed by atoms with van der Waals surface area (Å²) in [4.78, 5) is 24.0. The van der Waals surface area contributed by atoms with Crippen molar-refractivity contribution in [2.45, 2.75) is 30.2 Å². The normalized spacial score (nSPS) is 20.5. The summed E-state index contributed by atoms with van der Waals surface area (Å²) in [5, 5.41) is 14.3. The largest absolute Gasteiger partial charge is 0.481 e. The van der Waals surface area contributed by atoms with Crippen molar-refractivity contribution in [1.29, 1.82) is 0 Å². The molecule has 1 fully saturated rings. The van der Waals surface area contributed by atoms with Crippen molar-refractivity contribution in [3.05, 3.63) is 42.5 Å². The van der Waals surface area contributed by atoms with Crippen LogP contribution in [0.3, 0.4) is 0 Å². The van der Waals surface area contributed by atoms with Crippen LogP contribution in [0.5, 0.6) is 0 Å². The molecule has 0 spiro atoms. The van der Waals surface area contributed by atoms with Crippen LogP contribution in [0.2, 0.25) is 0 Å². The Morgan fingerprint density at radius 3 is 2.65 bits per heavy atom. The van der Waals surface area contributed by atoms with Crippen LogP contribution in [0.4, 0.5) is 0 Å². The zero-order valence-corrected chi connectivity index (χ0v) is 13.5. The highest BCUT2D eigenvalue weighted by atomic mass is 32.2. The number of thioether (sulfide) groups is 1. The van der Waals surface area contributed by atoms with E-state index in [1.807, 2.05) is 18.2 Å². The van der Waals surface area contributed by atoms with E-state index in [1.54, 1.807) is 0 Å². The molecule has 1 aliphatic rings. The Kier molecular flexibility index (Phi) is 4.86. The molecule has 2 atom stereocenters. The Bertz CT molecular complexity index is 731. The fourth-order valence-electron chi connectivity index (χ4n) is 3.01. The number of amides is 1. The van der Waals surface area contributed by atoms with Gasteiger partial charge in [0.1, 0.15) is 0 Å². The first kappa shape index (κ1) is 15.9. The van der Waals surface area contributed by atoms with Gasteiger partial charge in [0.05, 0.1) is 11.7 Å². The van der Waals surface area contributed by atoms with E-state index in [1.165, 1.54) is 17.1 Å². The van der Waals surface area contributed by atoms with Gasteiger partial charge in [-0.25, -0.2) is 0 Å². The molecule has 23 heavy (non-hydrogen) atoms. The van der Waals surface area contributed by atoms with Gasteiger partial charge in [-0.3, -0.25) is 9.59 Å². The van der Waals surface area contributed by atoms with E-state index in [4.69, 9.17) is 5.11 Å². The number of carbonyl (C=O) groups is 2. The van der Waals surface area contributed by atoms with Crippen LogP contribution < -0.4 is 5.32 Å². The first-order chi connectivity index (χ1) is 11.1. The molecule has 1 aliphatic carbocycles. The average Bonchev–Trinajstić information content (AvgIpc) is 3.01. The van der Waals surface area contributed by atoms with Crippen molar-refractivity contribution in [3.8, 4) is 0 Å². The summed E-state index contributed by atoms with van der Waals surface area (Å²) in [5.41, 5.74) is 0. The molecule has 3 rings (SSSR count). The number of rotatable bonds is 5. The van der Waals surface area contributed by atoms with E-state index >= 15 is 0 Å². The second kappa shape index (κ2) is 7.04. The first-order valence-electron chi connectivity index (χ1n) is 7.75. The van der Waals surface area contributed by atoms with Crippen LogP contribution in [-0.2, 0) is 9.59 Å². The minimum atomic E-state index is -0.757. The van der Waals surface area contributed by atoms with Gasteiger partial charge in [-0.15, -0.1) is 11.8 Å². The van der Waals surface area contributed by atoms with Crippen LogP contribution in [-0.4, -0.2) is 28.8 Å². The van der Waals surface area contributed by atoms with Crippen molar-refractivity contribution in [3.63, 3.8) is 0 Å². The Labute approximate surface area is 139 Å². The number of nitrogens with one attached hydrogen (secondary N) is 1. The van der Waals surface area contributed by atoms with Crippen LogP contribution in [0.1, 0.15) is 19.3 Å². The number of hydrogen-bond donors (Lipinski definition) is 2. The molecule has 2 N–H and O–H groups in total. The first-order valence-corrected chi connectivity index (χ1v) is 8.74. The van der Waals surface area contributed by atoms with Gasteiger partial charge in [-0.05, 0) is 42.2 Å². The number of aliphatic carboxylic acids is 1. The van der Waals surface area contributed by atoms with Gasteiger partial charge >= 0.3 is 5.97 Å². The fourth-order valence-corrected chi connectivity index (χ4v) is 3.77. The van der Waals surface area contributed by atoms with Gasteiger partial charge < -0.3 is 10.4 Å². The zero-order valence-electron chi connectivity index (χ0n) is 12.7. The predicted molar refractivity (Wildman–Crippen MR) is 91.6 cm³/mol. The van der Waals surface area contributed by atoms with Crippen LogP contribution in [0.25, 0.3) is 10.8 Å². The lowest BCUT2D eigenvalue weighted by molar-refractivity contribution is -0.141. The number of carboxylic acid groups (broad SMARTS) is 1. The number of benzene rings is 2. The minimum Gasteiger partial charge on any atom is -0.481 e. The summed E-state index contributed by atoms with van der Waals surface area (Å²) in [5.74, 6) is -0.744.